The highest BCUT2D eigenvalue weighted by atomic mass is 16.5. The molecule has 0 aromatic carbocycles. The number of hydrogen-bond donors (Lipinski definition) is 1. The third kappa shape index (κ3) is 21.6. The Hall–Kier alpha value is -2.36. The van der Waals surface area contributed by atoms with Gasteiger partial charge in [0.25, 0.3) is 0 Å². The van der Waals surface area contributed by atoms with Crippen LogP contribution in [0.5, 0.6) is 0 Å². The molecule has 0 rings (SSSR count). The maximum Gasteiger partial charge on any atom is 0.306 e. The Bertz CT molecular complexity index is 524. The Morgan fingerprint density at radius 2 is 1.22 bits per heavy atom. The van der Waals surface area contributed by atoms with Crippen LogP contribution in [0.25, 0.3) is 0 Å². The quantitative estimate of drug-likeness (QED) is 0.207. The van der Waals surface area contributed by atoms with Crippen molar-refractivity contribution in [3.05, 3.63) is 60.8 Å². The first-order chi connectivity index (χ1) is 13.2. The molecular formula is C23H34O4. The molecule has 0 aliphatic carbocycles. The maximum absolute atomic E-state index is 11.2. The molecule has 4 heteroatoms. The van der Waals surface area contributed by atoms with Gasteiger partial charge in [0, 0.05) is 0 Å². The van der Waals surface area contributed by atoms with Gasteiger partial charge >= 0.3 is 11.9 Å². The third-order valence-electron chi connectivity index (χ3n) is 3.48. The van der Waals surface area contributed by atoms with Crippen LogP contribution in [0.1, 0.15) is 64.7 Å². The minimum atomic E-state index is -0.981. The first-order valence-electron chi connectivity index (χ1n) is 9.79. The minimum Gasteiger partial charge on any atom is -0.481 e. The van der Waals surface area contributed by atoms with Crippen molar-refractivity contribution < 1.29 is 19.4 Å². The lowest BCUT2D eigenvalue weighted by Gasteiger charge is -2.01. The Morgan fingerprint density at radius 3 is 1.70 bits per heavy atom. The molecule has 0 unspecified atom stereocenters. The molecule has 4 nitrogen and oxygen atoms in total. The lowest BCUT2D eigenvalue weighted by atomic mass is 10.2. The topological polar surface area (TPSA) is 63.6 Å². The van der Waals surface area contributed by atoms with E-state index in [1.807, 2.05) is 0 Å². The SMILES string of the molecule is CCC=CCC=CCC=CCC=CCC=CCCCOC(=O)CCC(=O)O. The average Bonchev–Trinajstić information content (AvgIpc) is 2.65. The summed E-state index contributed by atoms with van der Waals surface area (Å²) >= 11 is 0. The van der Waals surface area contributed by atoms with Gasteiger partial charge in [-0.3, -0.25) is 9.59 Å². The molecule has 0 aromatic rings. The second kappa shape index (κ2) is 20.0. The van der Waals surface area contributed by atoms with Crippen LogP contribution in [0.3, 0.4) is 0 Å². The Labute approximate surface area is 164 Å². The number of ether oxygens (including phenoxy) is 1. The Morgan fingerprint density at radius 1 is 0.741 bits per heavy atom. The predicted octanol–water partition coefficient (Wildman–Crippen LogP) is 5.93. The highest BCUT2D eigenvalue weighted by molar-refractivity contribution is 5.76. The van der Waals surface area contributed by atoms with Gasteiger partial charge in [0.2, 0.25) is 0 Å². The molecule has 150 valence electrons. The summed E-state index contributed by atoms with van der Waals surface area (Å²) < 4.78 is 4.95. The highest BCUT2D eigenvalue weighted by Crippen LogP contribution is 1.99. The second-order valence-electron chi connectivity index (χ2n) is 5.96. The second-order valence-corrected chi connectivity index (χ2v) is 5.96. The summed E-state index contributed by atoms with van der Waals surface area (Å²) in [4.78, 5) is 21.5. The molecule has 0 saturated carbocycles. The van der Waals surface area contributed by atoms with Crippen molar-refractivity contribution in [2.75, 3.05) is 6.61 Å². The van der Waals surface area contributed by atoms with Crippen molar-refractivity contribution in [1.82, 2.24) is 0 Å². The molecule has 0 spiro atoms. The maximum atomic E-state index is 11.2. The van der Waals surface area contributed by atoms with Gasteiger partial charge in [-0.05, 0) is 44.9 Å². The molecule has 0 bridgehead atoms. The van der Waals surface area contributed by atoms with Crippen LogP contribution in [0.15, 0.2) is 60.8 Å². The smallest absolute Gasteiger partial charge is 0.306 e. The Balaban J connectivity index is 3.50. The lowest BCUT2D eigenvalue weighted by Crippen LogP contribution is -2.08. The van der Waals surface area contributed by atoms with E-state index in [1.165, 1.54) is 0 Å². The van der Waals surface area contributed by atoms with Crippen molar-refractivity contribution >= 4 is 11.9 Å². The first kappa shape index (κ1) is 24.6. The van der Waals surface area contributed by atoms with Crippen LogP contribution in [0, 0.1) is 0 Å². The summed E-state index contributed by atoms with van der Waals surface area (Å²) in [7, 11) is 0. The highest BCUT2D eigenvalue weighted by Gasteiger charge is 2.05. The van der Waals surface area contributed by atoms with Gasteiger partial charge in [-0.25, -0.2) is 0 Å². The number of rotatable bonds is 16. The largest absolute Gasteiger partial charge is 0.481 e. The minimum absolute atomic E-state index is 0.0585. The zero-order chi connectivity index (χ0) is 20.0. The summed E-state index contributed by atoms with van der Waals surface area (Å²) in [6, 6.07) is 0. The van der Waals surface area contributed by atoms with Crippen LogP contribution in [-0.2, 0) is 14.3 Å². The molecule has 0 saturated heterocycles. The van der Waals surface area contributed by atoms with Gasteiger partial charge in [-0.15, -0.1) is 0 Å². The van der Waals surface area contributed by atoms with Crippen LogP contribution < -0.4 is 0 Å². The van der Waals surface area contributed by atoms with E-state index in [2.05, 4.69) is 67.7 Å². The van der Waals surface area contributed by atoms with E-state index in [9.17, 15) is 9.59 Å². The molecule has 0 fully saturated rings. The van der Waals surface area contributed by atoms with Crippen LogP contribution in [0.4, 0.5) is 0 Å². The van der Waals surface area contributed by atoms with Crippen molar-refractivity contribution in [1.29, 1.82) is 0 Å². The van der Waals surface area contributed by atoms with Crippen molar-refractivity contribution in [3.63, 3.8) is 0 Å². The number of hydrogen-bond acceptors (Lipinski definition) is 3. The first-order valence-corrected chi connectivity index (χ1v) is 9.79. The number of carboxylic acids is 1. The van der Waals surface area contributed by atoms with E-state index in [-0.39, 0.29) is 12.8 Å². The number of allylic oxidation sites excluding steroid dienone is 10. The van der Waals surface area contributed by atoms with Gasteiger partial charge < -0.3 is 9.84 Å². The van der Waals surface area contributed by atoms with Crippen molar-refractivity contribution in [2.24, 2.45) is 0 Å². The molecule has 27 heavy (non-hydrogen) atoms. The van der Waals surface area contributed by atoms with E-state index >= 15 is 0 Å². The van der Waals surface area contributed by atoms with Gasteiger partial charge in [-0.1, -0.05) is 67.7 Å². The fourth-order valence-electron chi connectivity index (χ4n) is 2.04. The number of esters is 1. The lowest BCUT2D eigenvalue weighted by molar-refractivity contribution is -0.147. The standard InChI is InChI=1S/C23H34O4/c1-2-3-4-5-6-7-8-9-10-11-12-13-14-15-16-17-18-21-27-23(26)20-19-22(24)25/h3-4,6-7,9-10,12-13,15-16H,2,5,8,11,14,17-21H2,1H3,(H,24,25). The number of aliphatic carboxylic acids is 1. The van der Waals surface area contributed by atoms with Gasteiger partial charge in [0.05, 0.1) is 19.4 Å². The summed E-state index contributed by atoms with van der Waals surface area (Å²) in [5.41, 5.74) is 0. The molecule has 0 aromatic heterocycles. The number of carboxylic acid groups (broad SMARTS) is 1. The van der Waals surface area contributed by atoms with E-state index in [4.69, 9.17) is 9.84 Å². The predicted molar refractivity (Wildman–Crippen MR) is 112 cm³/mol. The molecule has 0 atom stereocenters. The molecule has 0 amide bonds. The van der Waals surface area contributed by atoms with Crippen LogP contribution in [0.2, 0.25) is 0 Å². The summed E-state index contributed by atoms with van der Waals surface area (Å²) in [5.74, 6) is -1.42. The number of unbranched alkanes of at least 4 members (excludes halogenated alkanes) is 1. The normalized spacial score (nSPS) is 12.3. The monoisotopic (exact) mass is 374 g/mol. The van der Waals surface area contributed by atoms with Gasteiger partial charge in [0.1, 0.15) is 0 Å². The summed E-state index contributed by atoms with van der Waals surface area (Å²) in [6.07, 6.45) is 27.9. The number of carbonyl (C=O) groups excluding carboxylic acids is 1. The molecule has 0 aliphatic rings. The Kier molecular flexibility index (Phi) is 18.2. The van der Waals surface area contributed by atoms with E-state index < -0.39 is 11.9 Å². The van der Waals surface area contributed by atoms with E-state index in [0.29, 0.717) is 6.61 Å². The van der Waals surface area contributed by atoms with Crippen LogP contribution >= 0.6 is 0 Å². The van der Waals surface area contributed by atoms with Gasteiger partial charge in [-0.2, -0.15) is 0 Å². The van der Waals surface area contributed by atoms with Crippen molar-refractivity contribution in [2.45, 2.75) is 64.7 Å². The number of carbonyl (C=O) groups is 2. The zero-order valence-electron chi connectivity index (χ0n) is 16.5. The van der Waals surface area contributed by atoms with E-state index in [0.717, 1.165) is 44.9 Å². The third-order valence-corrected chi connectivity index (χ3v) is 3.48. The molecule has 0 aliphatic heterocycles. The molecule has 0 heterocycles. The molecular weight excluding hydrogens is 340 g/mol. The fourth-order valence-corrected chi connectivity index (χ4v) is 2.04. The van der Waals surface area contributed by atoms with E-state index in [1.54, 1.807) is 0 Å². The van der Waals surface area contributed by atoms with Crippen molar-refractivity contribution in [3.8, 4) is 0 Å². The average molecular weight is 375 g/mol. The van der Waals surface area contributed by atoms with Crippen LogP contribution in [-0.4, -0.2) is 23.7 Å². The molecule has 0 radical (unpaired) electrons. The summed E-state index contributed by atoms with van der Waals surface area (Å²) in [5, 5.41) is 8.46. The summed E-state index contributed by atoms with van der Waals surface area (Å²) in [6.45, 7) is 2.48. The fraction of sp³-hybridized carbons (Fsp3) is 0.478. The zero-order valence-corrected chi connectivity index (χ0v) is 16.5. The molecule has 1 N–H and O–H groups in total. The van der Waals surface area contributed by atoms with Gasteiger partial charge in [0.15, 0.2) is 0 Å².